The van der Waals surface area contributed by atoms with Crippen molar-refractivity contribution in [1.29, 1.82) is 0 Å². The predicted molar refractivity (Wildman–Crippen MR) is 104 cm³/mol. The van der Waals surface area contributed by atoms with Gasteiger partial charge in [0.2, 0.25) is 9.70 Å². The molecule has 9 heteroatoms. The minimum Gasteiger partial charge on any atom is -0.495 e. The third kappa shape index (κ3) is 6.51. The molecule has 1 aromatic carbocycles. The molecular formula is C15H20Cl3N3O2S. The van der Waals surface area contributed by atoms with E-state index in [9.17, 15) is 4.79 Å². The maximum absolute atomic E-state index is 12.2. The summed E-state index contributed by atoms with van der Waals surface area (Å²) in [4.78, 5) is 12.2. The molecule has 134 valence electrons. The monoisotopic (exact) mass is 411 g/mol. The Kier molecular flexibility index (Phi) is 7.41. The number of amides is 1. The van der Waals surface area contributed by atoms with Crippen molar-refractivity contribution in [2.45, 2.75) is 30.7 Å². The van der Waals surface area contributed by atoms with Crippen LogP contribution in [0.4, 0.5) is 5.69 Å². The average Bonchev–Trinajstić information content (AvgIpc) is 2.45. The topological polar surface area (TPSA) is 62.4 Å². The van der Waals surface area contributed by atoms with Crippen LogP contribution in [-0.2, 0) is 4.79 Å². The van der Waals surface area contributed by atoms with E-state index >= 15 is 0 Å². The molecular weight excluding hydrogens is 393 g/mol. The van der Waals surface area contributed by atoms with E-state index in [1.165, 1.54) is 0 Å². The number of para-hydroxylation sites is 2. The lowest BCUT2D eigenvalue weighted by Crippen LogP contribution is -2.58. The van der Waals surface area contributed by atoms with Crippen molar-refractivity contribution in [2.24, 2.45) is 5.41 Å². The van der Waals surface area contributed by atoms with E-state index in [4.69, 9.17) is 51.8 Å². The van der Waals surface area contributed by atoms with Gasteiger partial charge in [-0.2, -0.15) is 0 Å². The molecule has 0 aromatic heterocycles. The highest BCUT2D eigenvalue weighted by Gasteiger charge is 2.36. The SMILES string of the molecule is COc1ccccc1NC(=S)N[C@H](NC(=O)C(C)(C)C)C(Cl)(Cl)Cl. The number of thiocarbonyl (C=S) groups is 1. The first kappa shape index (κ1) is 21.1. The van der Waals surface area contributed by atoms with Crippen molar-refractivity contribution in [1.82, 2.24) is 10.6 Å². The number of methoxy groups -OCH3 is 1. The molecule has 0 bridgehead atoms. The van der Waals surface area contributed by atoms with Gasteiger partial charge in [-0.25, -0.2) is 0 Å². The first-order valence-electron chi connectivity index (χ1n) is 7.03. The van der Waals surface area contributed by atoms with E-state index < -0.39 is 15.4 Å². The second kappa shape index (κ2) is 8.43. The Labute approximate surface area is 162 Å². The summed E-state index contributed by atoms with van der Waals surface area (Å²) in [5, 5.41) is 8.55. The van der Waals surface area contributed by atoms with Crippen LogP contribution < -0.4 is 20.7 Å². The average molecular weight is 413 g/mol. The summed E-state index contributed by atoms with van der Waals surface area (Å²) in [6, 6.07) is 7.21. The second-order valence-corrected chi connectivity index (χ2v) is 8.77. The number of alkyl halides is 3. The molecule has 0 spiro atoms. The van der Waals surface area contributed by atoms with Crippen LogP contribution in [0, 0.1) is 5.41 Å². The van der Waals surface area contributed by atoms with Gasteiger partial charge in [0.1, 0.15) is 11.9 Å². The highest BCUT2D eigenvalue weighted by molar-refractivity contribution is 7.80. The zero-order valence-corrected chi connectivity index (χ0v) is 16.8. The fraction of sp³-hybridized carbons (Fsp3) is 0.467. The summed E-state index contributed by atoms with van der Waals surface area (Å²) in [7, 11) is 1.55. The largest absolute Gasteiger partial charge is 0.495 e. The second-order valence-electron chi connectivity index (χ2n) is 6.00. The quantitative estimate of drug-likeness (QED) is 0.398. The smallest absolute Gasteiger partial charge is 0.228 e. The molecule has 0 aliphatic rings. The summed E-state index contributed by atoms with van der Waals surface area (Å²) < 4.78 is 3.43. The number of halogens is 3. The molecule has 1 aromatic rings. The first-order chi connectivity index (χ1) is 10.9. The van der Waals surface area contributed by atoms with Crippen LogP contribution in [0.25, 0.3) is 0 Å². The summed E-state index contributed by atoms with van der Waals surface area (Å²) in [6.07, 6.45) is -1.01. The lowest BCUT2D eigenvalue weighted by molar-refractivity contribution is -0.129. The molecule has 5 nitrogen and oxygen atoms in total. The third-order valence-electron chi connectivity index (χ3n) is 2.91. The molecule has 0 saturated carbocycles. The molecule has 0 saturated heterocycles. The molecule has 0 heterocycles. The van der Waals surface area contributed by atoms with Crippen molar-refractivity contribution < 1.29 is 9.53 Å². The Morgan fingerprint density at radius 2 is 1.75 bits per heavy atom. The summed E-state index contributed by atoms with van der Waals surface area (Å²) in [5.41, 5.74) is -0.00389. The van der Waals surface area contributed by atoms with Gasteiger partial charge in [0.25, 0.3) is 0 Å². The Hall–Kier alpha value is -0.950. The van der Waals surface area contributed by atoms with Crippen LogP contribution >= 0.6 is 47.0 Å². The fourth-order valence-electron chi connectivity index (χ4n) is 1.58. The predicted octanol–water partition coefficient (Wildman–Crippen LogP) is 3.84. The van der Waals surface area contributed by atoms with Crippen LogP contribution in [0.1, 0.15) is 20.8 Å². The van der Waals surface area contributed by atoms with Crippen LogP contribution in [0.2, 0.25) is 0 Å². The standard InChI is InChI=1S/C15H20Cl3N3O2S/c1-14(2,3)12(22)20-11(15(16,17)18)21-13(24)19-9-7-5-6-8-10(9)23-4/h5-8,11H,1-4H3,(H,20,22)(H2,19,21,24)/t11-/m0/s1. The Balaban J connectivity index is 2.83. The van der Waals surface area contributed by atoms with E-state index in [1.807, 2.05) is 12.1 Å². The molecule has 0 fully saturated rings. The Morgan fingerprint density at radius 3 is 2.25 bits per heavy atom. The van der Waals surface area contributed by atoms with Crippen molar-refractivity contribution in [3.8, 4) is 5.75 Å². The van der Waals surface area contributed by atoms with Crippen molar-refractivity contribution in [2.75, 3.05) is 12.4 Å². The van der Waals surface area contributed by atoms with E-state index in [0.29, 0.717) is 11.4 Å². The maximum atomic E-state index is 12.2. The number of carbonyl (C=O) groups excluding carboxylic acids is 1. The van der Waals surface area contributed by atoms with E-state index in [0.717, 1.165) is 0 Å². The van der Waals surface area contributed by atoms with Gasteiger partial charge in [-0.1, -0.05) is 67.7 Å². The minimum atomic E-state index is -1.80. The highest BCUT2D eigenvalue weighted by Crippen LogP contribution is 2.30. The van der Waals surface area contributed by atoms with Gasteiger partial charge < -0.3 is 20.7 Å². The Morgan fingerprint density at radius 1 is 1.17 bits per heavy atom. The van der Waals surface area contributed by atoms with Crippen LogP contribution in [0.5, 0.6) is 5.75 Å². The van der Waals surface area contributed by atoms with Gasteiger partial charge in [0.15, 0.2) is 5.11 Å². The zero-order valence-electron chi connectivity index (χ0n) is 13.7. The van der Waals surface area contributed by atoms with Crippen molar-refractivity contribution >= 4 is 63.7 Å². The number of carbonyl (C=O) groups is 1. The molecule has 0 aliphatic heterocycles. The number of hydrogen-bond donors (Lipinski definition) is 3. The molecule has 0 unspecified atom stereocenters. The van der Waals surface area contributed by atoms with Crippen LogP contribution in [-0.4, -0.2) is 28.1 Å². The fourth-order valence-corrected chi connectivity index (χ4v) is 2.14. The van der Waals surface area contributed by atoms with Gasteiger partial charge >= 0.3 is 0 Å². The summed E-state index contributed by atoms with van der Waals surface area (Å²) in [6.45, 7) is 5.26. The zero-order chi connectivity index (χ0) is 18.5. The molecule has 1 atom stereocenters. The van der Waals surface area contributed by atoms with E-state index in [-0.39, 0.29) is 11.0 Å². The lowest BCUT2D eigenvalue weighted by atomic mass is 9.95. The molecule has 1 rings (SSSR count). The van der Waals surface area contributed by atoms with Crippen LogP contribution in [0.3, 0.4) is 0 Å². The van der Waals surface area contributed by atoms with Gasteiger partial charge in [0, 0.05) is 5.41 Å². The summed E-state index contributed by atoms with van der Waals surface area (Å²) >= 11 is 23.1. The number of nitrogens with one attached hydrogen (secondary N) is 3. The highest BCUT2D eigenvalue weighted by atomic mass is 35.6. The van der Waals surface area contributed by atoms with Crippen molar-refractivity contribution in [3.63, 3.8) is 0 Å². The number of hydrogen-bond acceptors (Lipinski definition) is 3. The maximum Gasteiger partial charge on any atom is 0.228 e. The lowest BCUT2D eigenvalue weighted by Gasteiger charge is -2.30. The van der Waals surface area contributed by atoms with Gasteiger partial charge in [-0.15, -0.1) is 0 Å². The van der Waals surface area contributed by atoms with E-state index in [2.05, 4.69) is 16.0 Å². The van der Waals surface area contributed by atoms with Gasteiger partial charge in [0.05, 0.1) is 12.8 Å². The normalized spacial score (nSPS) is 13.0. The molecule has 0 aliphatic carbocycles. The van der Waals surface area contributed by atoms with E-state index in [1.54, 1.807) is 40.0 Å². The first-order valence-corrected chi connectivity index (χ1v) is 8.57. The number of anilines is 1. The Bertz CT molecular complexity index is 600. The van der Waals surface area contributed by atoms with Crippen LogP contribution in [0.15, 0.2) is 24.3 Å². The molecule has 3 N–H and O–H groups in total. The third-order valence-corrected chi connectivity index (χ3v) is 3.79. The molecule has 0 radical (unpaired) electrons. The summed E-state index contributed by atoms with van der Waals surface area (Å²) in [5.74, 6) is 0.317. The van der Waals surface area contributed by atoms with Crippen molar-refractivity contribution in [3.05, 3.63) is 24.3 Å². The van der Waals surface area contributed by atoms with Gasteiger partial charge in [-0.3, -0.25) is 4.79 Å². The van der Waals surface area contributed by atoms with Gasteiger partial charge in [-0.05, 0) is 24.4 Å². The molecule has 24 heavy (non-hydrogen) atoms. The minimum absolute atomic E-state index is 0.171. The number of benzene rings is 1. The molecule has 1 amide bonds. The number of rotatable bonds is 4. The number of ether oxygens (including phenoxy) is 1.